The minimum absolute atomic E-state index is 0.0217. The molecule has 3 atom stereocenters. The first-order chi connectivity index (χ1) is 9.90. The van der Waals surface area contributed by atoms with Gasteiger partial charge in [-0.25, -0.2) is 4.79 Å². The Labute approximate surface area is 125 Å². The molecule has 116 valence electrons. The fourth-order valence-corrected chi connectivity index (χ4v) is 1.96. The molecule has 0 radical (unpaired) electrons. The van der Waals surface area contributed by atoms with Crippen LogP contribution in [0.5, 0.6) is 0 Å². The highest BCUT2D eigenvalue weighted by Crippen LogP contribution is 2.14. The topological polar surface area (TPSA) is 81.4 Å². The summed E-state index contributed by atoms with van der Waals surface area (Å²) in [7, 11) is 1.31. The van der Waals surface area contributed by atoms with Gasteiger partial charge in [0, 0.05) is 0 Å². The molecule has 5 heteroatoms. The van der Waals surface area contributed by atoms with Gasteiger partial charge in [0.05, 0.1) is 7.11 Å². The SMILES string of the molecule is CCC(C)C(NC(=O)C(N)c1ccc(C)cc1)C(=O)OC. The van der Waals surface area contributed by atoms with Crippen molar-refractivity contribution in [1.29, 1.82) is 0 Å². The van der Waals surface area contributed by atoms with Crippen molar-refractivity contribution in [3.05, 3.63) is 35.4 Å². The van der Waals surface area contributed by atoms with Crippen molar-refractivity contribution in [2.45, 2.75) is 39.3 Å². The third kappa shape index (κ3) is 4.56. The van der Waals surface area contributed by atoms with Crippen LogP contribution in [-0.4, -0.2) is 25.0 Å². The van der Waals surface area contributed by atoms with E-state index in [1.807, 2.05) is 45.0 Å². The Morgan fingerprint density at radius 1 is 1.29 bits per heavy atom. The highest BCUT2D eigenvalue weighted by Gasteiger charge is 2.28. The van der Waals surface area contributed by atoms with Gasteiger partial charge in [-0.1, -0.05) is 50.1 Å². The van der Waals surface area contributed by atoms with Crippen molar-refractivity contribution in [2.24, 2.45) is 11.7 Å². The lowest BCUT2D eigenvalue weighted by molar-refractivity contribution is -0.146. The number of hydrogen-bond donors (Lipinski definition) is 2. The Morgan fingerprint density at radius 3 is 2.33 bits per heavy atom. The van der Waals surface area contributed by atoms with Crippen LogP contribution in [-0.2, 0) is 14.3 Å². The van der Waals surface area contributed by atoms with Crippen LogP contribution in [0.1, 0.15) is 37.4 Å². The summed E-state index contributed by atoms with van der Waals surface area (Å²) in [5, 5.41) is 2.69. The molecule has 0 aliphatic carbocycles. The summed E-state index contributed by atoms with van der Waals surface area (Å²) < 4.78 is 4.74. The fourth-order valence-electron chi connectivity index (χ4n) is 1.96. The zero-order chi connectivity index (χ0) is 16.0. The summed E-state index contributed by atoms with van der Waals surface area (Å²) in [6.45, 7) is 5.80. The number of aryl methyl sites for hydroxylation is 1. The van der Waals surface area contributed by atoms with Gasteiger partial charge < -0.3 is 15.8 Å². The average Bonchev–Trinajstić information content (AvgIpc) is 2.50. The number of carbonyl (C=O) groups is 2. The number of amides is 1. The molecule has 0 bridgehead atoms. The van der Waals surface area contributed by atoms with Crippen molar-refractivity contribution in [3.63, 3.8) is 0 Å². The van der Waals surface area contributed by atoms with E-state index in [9.17, 15) is 9.59 Å². The summed E-state index contributed by atoms with van der Waals surface area (Å²) >= 11 is 0. The van der Waals surface area contributed by atoms with Gasteiger partial charge >= 0.3 is 5.97 Å². The number of rotatable bonds is 6. The average molecular weight is 292 g/mol. The monoisotopic (exact) mass is 292 g/mol. The van der Waals surface area contributed by atoms with E-state index in [0.29, 0.717) is 5.56 Å². The maximum atomic E-state index is 12.2. The van der Waals surface area contributed by atoms with Crippen LogP contribution in [0.15, 0.2) is 24.3 Å². The van der Waals surface area contributed by atoms with Crippen LogP contribution in [0.3, 0.4) is 0 Å². The van der Waals surface area contributed by atoms with Gasteiger partial charge in [-0.05, 0) is 18.4 Å². The Kier molecular flexibility index (Phi) is 6.37. The second kappa shape index (κ2) is 7.78. The van der Waals surface area contributed by atoms with Crippen molar-refractivity contribution in [3.8, 4) is 0 Å². The summed E-state index contributed by atoms with van der Waals surface area (Å²) in [4.78, 5) is 24.0. The van der Waals surface area contributed by atoms with E-state index < -0.39 is 18.1 Å². The lowest BCUT2D eigenvalue weighted by Crippen LogP contribution is -2.48. The molecule has 1 amide bonds. The smallest absolute Gasteiger partial charge is 0.328 e. The van der Waals surface area contributed by atoms with Crippen LogP contribution in [0, 0.1) is 12.8 Å². The number of hydrogen-bond acceptors (Lipinski definition) is 4. The number of benzene rings is 1. The highest BCUT2D eigenvalue weighted by atomic mass is 16.5. The third-order valence-electron chi connectivity index (χ3n) is 3.68. The summed E-state index contributed by atoms with van der Waals surface area (Å²) in [5.74, 6) is -0.852. The van der Waals surface area contributed by atoms with Gasteiger partial charge in [0.15, 0.2) is 0 Å². The first-order valence-corrected chi connectivity index (χ1v) is 7.11. The molecule has 0 saturated carbocycles. The van der Waals surface area contributed by atoms with Crippen LogP contribution in [0.25, 0.3) is 0 Å². The molecule has 1 aromatic carbocycles. The number of esters is 1. The predicted octanol–water partition coefficient (Wildman–Crippen LogP) is 1.70. The second-order valence-electron chi connectivity index (χ2n) is 5.28. The van der Waals surface area contributed by atoms with E-state index in [-0.39, 0.29) is 11.8 Å². The van der Waals surface area contributed by atoms with Crippen molar-refractivity contribution < 1.29 is 14.3 Å². The van der Waals surface area contributed by atoms with Gasteiger partial charge in [0.25, 0.3) is 0 Å². The molecule has 0 spiro atoms. The minimum atomic E-state index is -0.804. The van der Waals surface area contributed by atoms with Crippen LogP contribution in [0.4, 0.5) is 0 Å². The lowest BCUT2D eigenvalue weighted by Gasteiger charge is -2.23. The van der Waals surface area contributed by atoms with Gasteiger partial charge in [-0.15, -0.1) is 0 Å². The van der Waals surface area contributed by atoms with E-state index in [1.165, 1.54) is 7.11 Å². The van der Waals surface area contributed by atoms with E-state index in [1.54, 1.807) is 0 Å². The predicted molar refractivity (Wildman–Crippen MR) is 81.5 cm³/mol. The molecule has 0 aromatic heterocycles. The number of nitrogens with one attached hydrogen (secondary N) is 1. The van der Waals surface area contributed by atoms with E-state index in [2.05, 4.69) is 5.32 Å². The quantitative estimate of drug-likeness (QED) is 0.782. The molecule has 1 aromatic rings. The van der Waals surface area contributed by atoms with E-state index in [0.717, 1.165) is 12.0 Å². The van der Waals surface area contributed by atoms with E-state index in [4.69, 9.17) is 10.5 Å². The van der Waals surface area contributed by atoms with Gasteiger partial charge in [-0.2, -0.15) is 0 Å². The number of ether oxygens (including phenoxy) is 1. The first kappa shape index (κ1) is 17.2. The molecule has 3 unspecified atom stereocenters. The minimum Gasteiger partial charge on any atom is -0.467 e. The van der Waals surface area contributed by atoms with Crippen molar-refractivity contribution in [1.82, 2.24) is 5.32 Å². The number of methoxy groups -OCH3 is 1. The molecule has 0 heterocycles. The first-order valence-electron chi connectivity index (χ1n) is 7.11. The van der Waals surface area contributed by atoms with Crippen LogP contribution >= 0.6 is 0 Å². The molecule has 0 saturated heterocycles. The maximum Gasteiger partial charge on any atom is 0.328 e. The number of carbonyl (C=O) groups excluding carboxylic acids is 2. The zero-order valence-electron chi connectivity index (χ0n) is 13.1. The molecule has 1 rings (SSSR count). The highest BCUT2D eigenvalue weighted by molar-refractivity contribution is 5.88. The normalized spacial score (nSPS) is 14.9. The molecule has 3 N–H and O–H groups in total. The molecule has 0 fully saturated rings. The van der Waals surface area contributed by atoms with E-state index >= 15 is 0 Å². The van der Waals surface area contributed by atoms with Gasteiger partial charge in [0.2, 0.25) is 5.91 Å². The molecule has 0 aliphatic heterocycles. The second-order valence-corrected chi connectivity index (χ2v) is 5.28. The van der Waals surface area contributed by atoms with Crippen molar-refractivity contribution >= 4 is 11.9 Å². The van der Waals surface area contributed by atoms with Crippen molar-refractivity contribution in [2.75, 3.05) is 7.11 Å². The van der Waals surface area contributed by atoms with Gasteiger partial charge in [-0.3, -0.25) is 4.79 Å². The van der Waals surface area contributed by atoms with Crippen LogP contribution in [0.2, 0.25) is 0 Å². The summed E-state index contributed by atoms with van der Waals surface area (Å²) in [6, 6.07) is 5.95. The maximum absolute atomic E-state index is 12.2. The molecule has 5 nitrogen and oxygen atoms in total. The van der Waals surface area contributed by atoms with Gasteiger partial charge in [0.1, 0.15) is 12.1 Å². The third-order valence-corrected chi connectivity index (χ3v) is 3.68. The number of nitrogens with two attached hydrogens (primary N) is 1. The van der Waals surface area contributed by atoms with Crippen LogP contribution < -0.4 is 11.1 Å². The largest absolute Gasteiger partial charge is 0.467 e. The molecular weight excluding hydrogens is 268 g/mol. The zero-order valence-corrected chi connectivity index (χ0v) is 13.1. The standard InChI is InChI=1S/C16H24N2O3/c1-5-11(3)14(16(20)21-4)18-15(19)13(17)12-8-6-10(2)7-9-12/h6-9,11,13-14H,5,17H2,1-4H3,(H,18,19). The summed E-state index contributed by atoms with van der Waals surface area (Å²) in [5.41, 5.74) is 7.77. The molecule has 0 aliphatic rings. The Balaban J connectivity index is 2.81. The Hall–Kier alpha value is -1.88. The Bertz CT molecular complexity index is 485. The Morgan fingerprint density at radius 2 is 1.86 bits per heavy atom. The summed E-state index contributed by atoms with van der Waals surface area (Å²) in [6.07, 6.45) is 0.750. The molecule has 21 heavy (non-hydrogen) atoms. The molecular formula is C16H24N2O3. The lowest BCUT2D eigenvalue weighted by atomic mass is 9.98. The fraction of sp³-hybridized carbons (Fsp3) is 0.500.